The van der Waals surface area contributed by atoms with Gasteiger partial charge in [-0.3, -0.25) is 25.0 Å². The van der Waals surface area contributed by atoms with Crippen molar-refractivity contribution in [3.8, 4) is 0 Å². The highest BCUT2D eigenvalue weighted by Gasteiger charge is 2.58. The topological polar surface area (TPSA) is 194 Å². The van der Waals surface area contributed by atoms with E-state index in [1.54, 1.807) is 25.4 Å². The van der Waals surface area contributed by atoms with E-state index >= 15 is 0 Å². The summed E-state index contributed by atoms with van der Waals surface area (Å²) in [5.41, 5.74) is 0.846. The Bertz CT molecular complexity index is 1630. The third-order valence-corrected chi connectivity index (χ3v) is 7.93. The van der Waals surface area contributed by atoms with Crippen LogP contribution in [-0.2, 0) is 37.0 Å². The predicted molar refractivity (Wildman–Crippen MR) is 150 cm³/mol. The maximum atomic E-state index is 13.3. The normalized spacial score (nSPS) is 17.8. The molecule has 1 amide bonds. The van der Waals surface area contributed by atoms with Crippen molar-refractivity contribution < 1.29 is 38.4 Å². The van der Waals surface area contributed by atoms with Crippen LogP contribution in [0, 0.1) is 26.1 Å². The third-order valence-electron chi connectivity index (χ3n) is 6.93. The molecule has 226 valence electrons. The number of esters is 1. The van der Waals surface area contributed by atoms with Crippen molar-refractivity contribution in [2.45, 2.75) is 43.9 Å². The second kappa shape index (κ2) is 12.9. The predicted octanol–water partition coefficient (Wildman–Crippen LogP) is 4.31. The molecule has 2 aromatic carbocycles. The monoisotopic (exact) mass is 621 g/mol. The standard InChI is InChI=1S/C28H23N5O10S/c1-16(43-28(36)42-15-18-5-9-20(10-6-18)33(39)40)23-21-13-22(44-27-29-11-2-12-30-27)24(31(21)25(23)34)26(35)41-14-17-3-7-19(8-4-17)32(37)38/h2-12,16,21,23H,13-15H2,1H3/t16-,21+,23?/m1/s1. The molecule has 5 rings (SSSR count). The van der Waals surface area contributed by atoms with Crippen LogP contribution in [0.25, 0.3) is 0 Å². The number of ether oxygens (including phenoxy) is 3. The van der Waals surface area contributed by atoms with Gasteiger partial charge in [0.1, 0.15) is 25.0 Å². The number of thioether (sulfide) groups is 1. The van der Waals surface area contributed by atoms with Crippen molar-refractivity contribution >= 4 is 41.2 Å². The fourth-order valence-corrected chi connectivity index (χ4v) is 5.77. The van der Waals surface area contributed by atoms with E-state index in [0.29, 0.717) is 21.2 Å². The Morgan fingerprint density at radius 2 is 1.50 bits per heavy atom. The molecule has 0 saturated carbocycles. The Kier molecular flexibility index (Phi) is 8.80. The molecule has 0 bridgehead atoms. The van der Waals surface area contributed by atoms with E-state index in [2.05, 4.69) is 9.97 Å². The molecule has 44 heavy (non-hydrogen) atoms. The molecule has 1 saturated heterocycles. The summed E-state index contributed by atoms with van der Waals surface area (Å²) in [5, 5.41) is 22.1. The highest BCUT2D eigenvalue weighted by atomic mass is 32.2. The number of aromatic nitrogens is 2. The number of amides is 1. The van der Waals surface area contributed by atoms with Crippen molar-refractivity contribution in [3.63, 3.8) is 0 Å². The molecule has 16 heteroatoms. The Labute approximate surface area is 253 Å². The average molecular weight is 622 g/mol. The van der Waals surface area contributed by atoms with Crippen LogP contribution in [0.4, 0.5) is 16.2 Å². The highest BCUT2D eigenvalue weighted by Crippen LogP contribution is 2.49. The molecule has 3 atom stereocenters. The molecule has 1 aromatic heterocycles. The summed E-state index contributed by atoms with van der Waals surface area (Å²) < 4.78 is 16.0. The number of nitro benzene ring substituents is 2. The highest BCUT2D eigenvalue weighted by molar-refractivity contribution is 8.03. The van der Waals surface area contributed by atoms with E-state index in [4.69, 9.17) is 14.2 Å². The van der Waals surface area contributed by atoms with E-state index in [0.717, 1.165) is 11.8 Å². The maximum absolute atomic E-state index is 13.3. The summed E-state index contributed by atoms with van der Waals surface area (Å²) in [5.74, 6) is -1.99. The number of hydrogen-bond acceptors (Lipinski definition) is 13. The van der Waals surface area contributed by atoms with Crippen LogP contribution in [0.3, 0.4) is 0 Å². The molecule has 0 spiro atoms. The minimum absolute atomic E-state index is 0.0311. The molecule has 0 radical (unpaired) electrons. The van der Waals surface area contributed by atoms with Gasteiger partial charge in [-0.25, -0.2) is 19.6 Å². The van der Waals surface area contributed by atoms with Gasteiger partial charge in [-0.1, -0.05) is 11.8 Å². The van der Waals surface area contributed by atoms with Crippen LogP contribution in [0.2, 0.25) is 0 Å². The van der Waals surface area contributed by atoms with Crippen molar-refractivity contribution in [1.29, 1.82) is 0 Å². The fraction of sp³-hybridized carbons (Fsp3) is 0.250. The van der Waals surface area contributed by atoms with Gasteiger partial charge in [-0.15, -0.1) is 0 Å². The molecule has 3 heterocycles. The van der Waals surface area contributed by atoms with Crippen molar-refractivity contribution in [3.05, 3.63) is 109 Å². The van der Waals surface area contributed by atoms with Gasteiger partial charge in [0, 0.05) is 48.0 Å². The number of fused-ring (bicyclic) bond motifs is 1. The van der Waals surface area contributed by atoms with E-state index < -0.39 is 45.9 Å². The van der Waals surface area contributed by atoms with Crippen LogP contribution in [0.5, 0.6) is 0 Å². The summed E-state index contributed by atoms with van der Waals surface area (Å²) in [4.78, 5) is 69.8. The molecular formula is C28H23N5O10S. The zero-order valence-corrected chi connectivity index (χ0v) is 23.7. The zero-order valence-electron chi connectivity index (χ0n) is 22.9. The number of β-lactam (4-membered cyclic amide) rings is 1. The first kappa shape index (κ1) is 30.1. The first-order valence-corrected chi connectivity index (χ1v) is 13.9. The van der Waals surface area contributed by atoms with Crippen molar-refractivity contribution in [2.75, 3.05) is 0 Å². The molecule has 15 nitrogen and oxygen atoms in total. The van der Waals surface area contributed by atoms with E-state index in [-0.39, 0.29) is 36.7 Å². The van der Waals surface area contributed by atoms with Crippen LogP contribution in [-0.4, -0.2) is 54.9 Å². The molecule has 0 N–H and O–H groups in total. The summed E-state index contributed by atoms with van der Waals surface area (Å²) in [7, 11) is 0. The summed E-state index contributed by atoms with van der Waals surface area (Å²) in [6.07, 6.45) is 1.41. The van der Waals surface area contributed by atoms with Crippen LogP contribution >= 0.6 is 11.8 Å². The van der Waals surface area contributed by atoms with Gasteiger partial charge in [-0.05, 0) is 48.4 Å². The van der Waals surface area contributed by atoms with Crippen molar-refractivity contribution in [1.82, 2.24) is 14.9 Å². The Hall–Kier alpha value is -5.38. The lowest BCUT2D eigenvalue weighted by Crippen LogP contribution is -2.62. The van der Waals surface area contributed by atoms with E-state index in [1.165, 1.54) is 53.4 Å². The molecule has 0 aliphatic carbocycles. The van der Waals surface area contributed by atoms with Crippen LogP contribution in [0.15, 0.2) is 82.7 Å². The minimum Gasteiger partial charge on any atom is -0.456 e. The molecular weight excluding hydrogens is 598 g/mol. The van der Waals surface area contributed by atoms with E-state index in [1.807, 2.05) is 0 Å². The first-order chi connectivity index (χ1) is 21.1. The van der Waals surface area contributed by atoms with Gasteiger partial charge in [-0.2, -0.15) is 0 Å². The van der Waals surface area contributed by atoms with Crippen LogP contribution in [0.1, 0.15) is 24.5 Å². The van der Waals surface area contributed by atoms with Gasteiger partial charge in [0.2, 0.25) is 5.91 Å². The van der Waals surface area contributed by atoms with Gasteiger partial charge in [0.05, 0.1) is 21.8 Å². The number of nitrogens with zero attached hydrogens (tertiary/aromatic N) is 5. The molecule has 1 unspecified atom stereocenters. The summed E-state index contributed by atoms with van der Waals surface area (Å²) in [6, 6.07) is 12.1. The number of hydrogen-bond donors (Lipinski definition) is 0. The Morgan fingerprint density at radius 1 is 0.955 bits per heavy atom. The number of nitro groups is 2. The smallest absolute Gasteiger partial charge is 0.456 e. The second-order valence-corrected chi connectivity index (χ2v) is 10.8. The SMILES string of the molecule is C[C@@H](OC(=O)OCc1ccc([N+](=O)[O-])cc1)C1C(=O)N2C(C(=O)OCc3ccc([N+](=O)[O-])cc3)=C(Sc3ncccn3)C[C@@H]12. The quantitative estimate of drug-likeness (QED) is 0.0967. The van der Waals surface area contributed by atoms with Gasteiger partial charge >= 0.3 is 12.1 Å². The zero-order chi connectivity index (χ0) is 31.4. The number of rotatable bonds is 11. The lowest BCUT2D eigenvalue weighted by Gasteiger charge is -2.45. The van der Waals surface area contributed by atoms with Crippen LogP contribution < -0.4 is 0 Å². The molecule has 2 aliphatic rings. The lowest BCUT2D eigenvalue weighted by atomic mass is 9.83. The van der Waals surface area contributed by atoms with Gasteiger partial charge < -0.3 is 19.1 Å². The molecule has 1 fully saturated rings. The Morgan fingerprint density at radius 3 is 2.05 bits per heavy atom. The lowest BCUT2D eigenvalue weighted by molar-refractivity contribution is -0.385. The summed E-state index contributed by atoms with van der Waals surface area (Å²) >= 11 is 1.11. The Balaban J connectivity index is 1.24. The largest absolute Gasteiger partial charge is 0.508 e. The first-order valence-electron chi connectivity index (χ1n) is 13.1. The van der Waals surface area contributed by atoms with Crippen molar-refractivity contribution in [2.24, 2.45) is 5.92 Å². The van der Waals surface area contributed by atoms with Gasteiger partial charge in [0.25, 0.3) is 11.4 Å². The number of carbonyl (C=O) groups excluding carboxylic acids is 3. The number of carbonyl (C=O) groups is 3. The number of benzene rings is 2. The number of non-ortho nitro benzene ring substituents is 2. The van der Waals surface area contributed by atoms with Gasteiger partial charge in [0.15, 0.2) is 5.16 Å². The molecule has 3 aromatic rings. The maximum Gasteiger partial charge on any atom is 0.508 e. The third kappa shape index (κ3) is 6.49. The minimum atomic E-state index is -1.02. The average Bonchev–Trinajstić information content (AvgIpc) is 3.33. The second-order valence-electron chi connectivity index (χ2n) is 9.70. The summed E-state index contributed by atoms with van der Waals surface area (Å²) in [6.45, 7) is 1.17. The molecule has 2 aliphatic heterocycles. The van der Waals surface area contributed by atoms with E-state index in [9.17, 15) is 34.6 Å². The fourth-order valence-electron chi connectivity index (χ4n) is 4.79.